The number of nitrogens with zero attached hydrogens (tertiary/aromatic N) is 2. The molecule has 1 fully saturated rings. The number of rotatable bonds is 8. The molecule has 1 saturated carbocycles. The fourth-order valence-electron chi connectivity index (χ4n) is 3.39. The SMILES string of the molecule is CCNC(=NCCc1cccc(C(=O)N(C)C)c1)NC1CCC(SCC)C1.I. The average molecular weight is 519 g/mol. The lowest BCUT2D eigenvalue weighted by atomic mass is 10.1. The maximum Gasteiger partial charge on any atom is 0.253 e. The molecule has 7 heteroatoms. The van der Waals surface area contributed by atoms with Gasteiger partial charge in [0.05, 0.1) is 0 Å². The fraction of sp³-hybridized carbons (Fsp3) is 0.619. The van der Waals surface area contributed by atoms with E-state index in [0.717, 1.165) is 35.3 Å². The van der Waals surface area contributed by atoms with E-state index in [1.807, 2.05) is 18.2 Å². The molecule has 1 aliphatic rings. The highest BCUT2D eigenvalue weighted by atomic mass is 127. The molecule has 0 saturated heterocycles. The van der Waals surface area contributed by atoms with Crippen LogP contribution in [0.1, 0.15) is 49.0 Å². The topological polar surface area (TPSA) is 56.7 Å². The lowest BCUT2D eigenvalue weighted by Gasteiger charge is -2.17. The Labute approximate surface area is 191 Å². The van der Waals surface area contributed by atoms with Gasteiger partial charge >= 0.3 is 0 Å². The van der Waals surface area contributed by atoms with Gasteiger partial charge in [-0.3, -0.25) is 9.79 Å². The van der Waals surface area contributed by atoms with Gasteiger partial charge in [-0.1, -0.05) is 19.1 Å². The molecule has 0 aliphatic heterocycles. The van der Waals surface area contributed by atoms with E-state index in [1.54, 1.807) is 19.0 Å². The summed E-state index contributed by atoms with van der Waals surface area (Å²) in [5, 5.41) is 7.74. The standard InChI is InChI=1S/C21H34N4OS.HI/c1-5-22-21(24-18-10-11-19(15-18)27-6-2)23-13-12-16-8-7-9-17(14-16)20(26)25(3)4;/h7-9,14,18-19H,5-6,10-13,15H2,1-4H3,(H2,22,23,24);1H. The summed E-state index contributed by atoms with van der Waals surface area (Å²) in [6.45, 7) is 5.89. The molecule has 2 N–H and O–H groups in total. The summed E-state index contributed by atoms with van der Waals surface area (Å²) < 4.78 is 0. The van der Waals surface area contributed by atoms with Crippen LogP contribution in [0.25, 0.3) is 0 Å². The monoisotopic (exact) mass is 518 g/mol. The third-order valence-electron chi connectivity index (χ3n) is 4.72. The first-order valence-electron chi connectivity index (χ1n) is 10.0. The summed E-state index contributed by atoms with van der Waals surface area (Å²) >= 11 is 2.07. The molecular weight excluding hydrogens is 483 g/mol. The van der Waals surface area contributed by atoms with E-state index >= 15 is 0 Å². The molecule has 2 atom stereocenters. The summed E-state index contributed by atoms with van der Waals surface area (Å²) in [6.07, 6.45) is 4.56. The van der Waals surface area contributed by atoms with E-state index in [9.17, 15) is 4.79 Å². The predicted octanol–water partition coefficient (Wildman–Crippen LogP) is 3.78. The normalized spacial score (nSPS) is 19.1. The molecule has 0 aromatic heterocycles. The molecule has 2 rings (SSSR count). The van der Waals surface area contributed by atoms with Crippen molar-refractivity contribution in [1.82, 2.24) is 15.5 Å². The molecule has 0 heterocycles. The minimum atomic E-state index is 0. The first-order valence-corrected chi connectivity index (χ1v) is 11.0. The second-order valence-electron chi connectivity index (χ2n) is 7.14. The van der Waals surface area contributed by atoms with E-state index in [2.05, 4.69) is 42.3 Å². The van der Waals surface area contributed by atoms with Crippen LogP contribution in [-0.2, 0) is 6.42 Å². The molecule has 0 bridgehead atoms. The first kappa shape index (κ1) is 25.1. The van der Waals surface area contributed by atoms with Crippen LogP contribution in [0.3, 0.4) is 0 Å². The van der Waals surface area contributed by atoms with Crippen LogP contribution in [0.4, 0.5) is 0 Å². The zero-order valence-corrected chi connectivity index (χ0v) is 20.7. The summed E-state index contributed by atoms with van der Waals surface area (Å²) in [5.41, 5.74) is 1.87. The van der Waals surface area contributed by atoms with Gasteiger partial charge in [-0.2, -0.15) is 11.8 Å². The Morgan fingerprint density at radius 3 is 2.75 bits per heavy atom. The average Bonchev–Trinajstić information content (AvgIpc) is 3.08. The van der Waals surface area contributed by atoms with Gasteiger partial charge in [-0.05, 0) is 56.1 Å². The van der Waals surface area contributed by atoms with E-state index < -0.39 is 0 Å². The molecule has 158 valence electrons. The van der Waals surface area contributed by atoms with Gasteiger partial charge in [0, 0.05) is 44.0 Å². The maximum absolute atomic E-state index is 12.1. The number of carbonyl (C=O) groups excluding carboxylic acids is 1. The second kappa shape index (κ2) is 13.3. The van der Waals surface area contributed by atoms with Crippen molar-refractivity contribution in [1.29, 1.82) is 0 Å². The van der Waals surface area contributed by atoms with Gasteiger partial charge in [0.15, 0.2) is 5.96 Å². The Balaban J connectivity index is 0.00000392. The summed E-state index contributed by atoms with van der Waals surface area (Å²) in [5.74, 6) is 2.14. The highest BCUT2D eigenvalue weighted by molar-refractivity contribution is 14.0. The van der Waals surface area contributed by atoms with Crippen LogP contribution in [0.5, 0.6) is 0 Å². The molecular formula is C21H35IN4OS. The highest BCUT2D eigenvalue weighted by Crippen LogP contribution is 2.29. The largest absolute Gasteiger partial charge is 0.357 e. The van der Waals surface area contributed by atoms with Gasteiger partial charge < -0.3 is 15.5 Å². The molecule has 1 aromatic carbocycles. The lowest BCUT2D eigenvalue weighted by Crippen LogP contribution is -2.42. The quantitative estimate of drug-likeness (QED) is 0.313. The zero-order valence-electron chi connectivity index (χ0n) is 17.5. The van der Waals surface area contributed by atoms with Crippen LogP contribution >= 0.6 is 35.7 Å². The molecule has 28 heavy (non-hydrogen) atoms. The third-order valence-corrected chi connectivity index (χ3v) is 5.96. The molecule has 0 spiro atoms. The van der Waals surface area contributed by atoms with E-state index in [0.29, 0.717) is 12.6 Å². The number of amides is 1. The van der Waals surface area contributed by atoms with E-state index in [1.165, 1.54) is 25.0 Å². The van der Waals surface area contributed by atoms with Crippen molar-refractivity contribution in [2.24, 2.45) is 4.99 Å². The Morgan fingerprint density at radius 2 is 2.07 bits per heavy atom. The fourth-order valence-corrected chi connectivity index (χ4v) is 4.53. The van der Waals surface area contributed by atoms with Crippen molar-refractivity contribution in [3.8, 4) is 0 Å². The van der Waals surface area contributed by atoms with E-state index in [4.69, 9.17) is 4.99 Å². The Morgan fingerprint density at radius 1 is 1.29 bits per heavy atom. The number of benzene rings is 1. The lowest BCUT2D eigenvalue weighted by molar-refractivity contribution is 0.0827. The Hall–Kier alpha value is -0.960. The van der Waals surface area contributed by atoms with Gasteiger partial charge in [0.25, 0.3) is 5.91 Å². The number of hydrogen-bond donors (Lipinski definition) is 2. The zero-order chi connectivity index (χ0) is 19.6. The first-order chi connectivity index (χ1) is 13.0. The van der Waals surface area contributed by atoms with Gasteiger partial charge in [0.2, 0.25) is 0 Å². The minimum Gasteiger partial charge on any atom is -0.357 e. The van der Waals surface area contributed by atoms with Crippen LogP contribution in [0.2, 0.25) is 0 Å². The molecule has 1 amide bonds. The number of carbonyl (C=O) groups is 1. The Kier molecular flexibility index (Phi) is 11.9. The number of nitrogens with one attached hydrogen (secondary N) is 2. The van der Waals surface area contributed by atoms with Crippen molar-refractivity contribution in [3.63, 3.8) is 0 Å². The van der Waals surface area contributed by atoms with E-state index in [-0.39, 0.29) is 29.9 Å². The second-order valence-corrected chi connectivity index (χ2v) is 8.72. The van der Waals surface area contributed by atoms with Crippen molar-refractivity contribution < 1.29 is 4.79 Å². The van der Waals surface area contributed by atoms with Gasteiger partial charge in [-0.25, -0.2) is 0 Å². The van der Waals surface area contributed by atoms with Crippen LogP contribution < -0.4 is 10.6 Å². The minimum absolute atomic E-state index is 0. The molecule has 1 aromatic rings. The summed E-state index contributed by atoms with van der Waals surface area (Å²) in [6, 6.07) is 8.37. The van der Waals surface area contributed by atoms with Crippen molar-refractivity contribution in [2.75, 3.05) is 32.9 Å². The Bertz CT molecular complexity index is 639. The van der Waals surface area contributed by atoms with Gasteiger partial charge in [-0.15, -0.1) is 24.0 Å². The van der Waals surface area contributed by atoms with Crippen molar-refractivity contribution in [3.05, 3.63) is 35.4 Å². The van der Waals surface area contributed by atoms with Gasteiger partial charge in [0.1, 0.15) is 0 Å². The summed E-state index contributed by atoms with van der Waals surface area (Å²) in [4.78, 5) is 18.5. The molecule has 2 unspecified atom stereocenters. The van der Waals surface area contributed by atoms with Crippen LogP contribution in [0.15, 0.2) is 29.3 Å². The maximum atomic E-state index is 12.1. The highest BCUT2D eigenvalue weighted by Gasteiger charge is 2.25. The summed E-state index contributed by atoms with van der Waals surface area (Å²) in [7, 11) is 3.56. The molecule has 5 nitrogen and oxygen atoms in total. The van der Waals surface area contributed by atoms with Crippen LogP contribution in [0, 0.1) is 0 Å². The number of thioether (sulfide) groups is 1. The molecule has 1 aliphatic carbocycles. The third kappa shape index (κ3) is 8.19. The number of hydrogen-bond acceptors (Lipinski definition) is 3. The van der Waals surface area contributed by atoms with Crippen molar-refractivity contribution in [2.45, 2.75) is 50.8 Å². The predicted molar refractivity (Wildman–Crippen MR) is 132 cm³/mol. The van der Waals surface area contributed by atoms with Crippen molar-refractivity contribution >= 4 is 47.6 Å². The van der Waals surface area contributed by atoms with Crippen LogP contribution in [-0.4, -0.2) is 61.0 Å². The smallest absolute Gasteiger partial charge is 0.253 e. The molecule has 0 radical (unpaired) electrons. The number of guanidine groups is 1. The number of aliphatic imine (C=N–C) groups is 1. The number of halogens is 1.